The Morgan fingerprint density at radius 3 is 2.28 bits per heavy atom. The van der Waals surface area contributed by atoms with Crippen molar-refractivity contribution < 1.29 is 18.0 Å². The molecule has 0 atom stereocenters. The van der Waals surface area contributed by atoms with Crippen LogP contribution in [0.3, 0.4) is 0 Å². The van der Waals surface area contributed by atoms with Crippen LogP contribution < -0.4 is 0 Å². The first-order chi connectivity index (χ1) is 13.8. The molecule has 0 amide bonds. The average Bonchev–Trinajstić information content (AvgIpc) is 2.68. The van der Waals surface area contributed by atoms with Crippen molar-refractivity contribution in [2.24, 2.45) is 0 Å². The van der Waals surface area contributed by atoms with E-state index in [-0.39, 0.29) is 11.4 Å². The highest BCUT2D eigenvalue weighted by Gasteiger charge is 2.29. The SMILES string of the molecule is CCCCCCC(=C=C(CC(F)(F)F)c1ccccc1)C(=O)c1cccc(I)c1. The molecule has 0 unspecified atom stereocenters. The molecule has 0 aliphatic carbocycles. The molecule has 0 radical (unpaired) electrons. The molecule has 0 aromatic heterocycles. The minimum Gasteiger partial charge on any atom is -0.288 e. The minimum absolute atomic E-state index is 0.00238. The van der Waals surface area contributed by atoms with E-state index in [1.807, 2.05) is 6.07 Å². The van der Waals surface area contributed by atoms with Crippen LogP contribution in [-0.2, 0) is 0 Å². The number of halogens is 4. The summed E-state index contributed by atoms with van der Waals surface area (Å²) in [6.07, 6.45) is -1.32. The lowest BCUT2D eigenvalue weighted by Gasteiger charge is -2.11. The number of hydrogen-bond acceptors (Lipinski definition) is 1. The van der Waals surface area contributed by atoms with E-state index in [1.54, 1.807) is 48.5 Å². The van der Waals surface area contributed by atoms with Crippen LogP contribution in [0.5, 0.6) is 0 Å². The molecular weight excluding hydrogens is 488 g/mol. The van der Waals surface area contributed by atoms with Gasteiger partial charge in [0, 0.05) is 20.3 Å². The summed E-state index contributed by atoms with van der Waals surface area (Å²) in [4.78, 5) is 13.1. The summed E-state index contributed by atoms with van der Waals surface area (Å²) in [6, 6.07) is 15.5. The zero-order valence-electron chi connectivity index (χ0n) is 16.4. The Labute approximate surface area is 183 Å². The van der Waals surface area contributed by atoms with Crippen LogP contribution in [0, 0.1) is 3.57 Å². The first-order valence-electron chi connectivity index (χ1n) is 9.71. The topological polar surface area (TPSA) is 17.1 Å². The number of ketones is 1. The lowest BCUT2D eigenvalue weighted by atomic mass is 9.95. The van der Waals surface area contributed by atoms with Gasteiger partial charge >= 0.3 is 6.18 Å². The highest BCUT2D eigenvalue weighted by atomic mass is 127. The van der Waals surface area contributed by atoms with Gasteiger partial charge in [0.15, 0.2) is 5.78 Å². The normalized spacial score (nSPS) is 11.1. The van der Waals surface area contributed by atoms with Crippen molar-refractivity contribution in [3.8, 4) is 0 Å². The van der Waals surface area contributed by atoms with E-state index in [0.717, 1.165) is 29.3 Å². The number of carbonyl (C=O) groups is 1. The molecule has 5 heteroatoms. The van der Waals surface area contributed by atoms with Crippen molar-refractivity contribution in [1.82, 2.24) is 0 Å². The molecule has 0 fully saturated rings. The zero-order valence-corrected chi connectivity index (χ0v) is 18.5. The second kappa shape index (κ2) is 11.4. The van der Waals surface area contributed by atoms with Gasteiger partial charge in [-0.25, -0.2) is 0 Å². The van der Waals surface area contributed by atoms with Crippen LogP contribution in [0.2, 0.25) is 0 Å². The molecule has 0 saturated heterocycles. The quantitative estimate of drug-likeness (QED) is 0.109. The molecule has 0 bridgehead atoms. The predicted octanol–water partition coefficient (Wildman–Crippen LogP) is 8.01. The summed E-state index contributed by atoms with van der Waals surface area (Å²) in [5, 5.41) is 0. The van der Waals surface area contributed by atoms with Crippen LogP contribution in [0.15, 0.2) is 65.9 Å². The molecule has 0 saturated carbocycles. The van der Waals surface area contributed by atoms with Gasteiger partial charge in [0.05, 0.1) is 6.42 Å². The van der Waals surface area contributed by atoms with Crippen LogP contribution in [-0.4, -0.2) is 12.0 Å². The summed E-state index contributed by atoms with van der Waals surface area (Å²) in [6.45, 7) is 2.09. The van der Waals surface area contributed by atoms with Crippen LogP contribution >= 0.6 is 22.6 Å². The number of rotatable bonds is 9. The molecule has 0 spiro atoms. The number of alkyl halides is 3. The Morgan fingerprint density at radius 1 is 0.966 bits per heavy atom. The molecule has 2 rings (SSSR count). The van der Waals surface area contributed by atoms with E-state index >= 15 is 0 Å². The maximum absolute atomic E-state index is 13.2. The minimum atomic E-state index is -4.38. The third-order valence-electron chi connectivity index (χ3n) is 4.44. The Hall–Kier alpha value is -1.85. The Kier molecular flexibility index (Phi) is 9.18. The molecule has 154 valence electrons. The van der Waals surface area contributed by atoms with Gasteiger partial charge in [0.1, 0.15) is 0 Å². The summed E-state index contributed by atoms with van der Waals surface area (Å²) in [5.41, 5.74) is 4.11. The number of unbranched alkanes of at least 4 members (excludes halogenated alkanes) is 3. The Bertz CT molecular complexity index is 878. The molecule has 2 aromatic carbocycles. The fourth-order valence-corrected chi connectivity index (χ4v) is 3.55. The smallest absolute Gasteiger partial charge is 0.288 e. The summed E-state index contributed by atoms with van der Waals surface area (Å²) >= 11 is 2.12. The van der Waals surface area contributed by atoms with Gasteiger partial charge in [-0.05, 0) is 53.1 Å². The van der Waals surface area contributed by atoms with Gasteiger partial charge in [-0.2, -0.15) is 13.2 Å². The number of benzene rings is 2. The third kappa shape index (κ3) is 8.19. The van der Waals surface area contributed by atoms with Crippen molar-refractivity contribution in [2.75, 3.05) is 0 Å². The van der Waals surface area contributed by atoms with Crippen molar-refractivity contribution in [2.45, 2.75) is 51.6 Å². The third-order valence-corrected chi connectivity index (χ3v) is 5.11. The monoisotopic (exact) mass is 512 g/mol. The number of hydrogen-bond donors (Lipinski definition) is 0. The van der Waals surface area contributed by atoms with Gasteiger partial charge in [-0.15, -0.1) is 5.73 Å². The van der Waals surface area contributed by atoms with Gasteiger partial charge < -0.3 is 0 Å². The van der Waals surface area contributed by atoms with Gasteiger partial charge in [-0.1, -0.05) is 68.7 Å². The van der Waals surface area contributed by atoms with Crippen molar-refractivity contribution in [1.29, 1.82) is 0 Å². The predicted molar refractivity (Wildman–Crippen MR) is 120 cm³/mol. The summed E-state index contributed by atoms with van der Waals surface area (Å²) in [5.74, 6) is -0.254. The fraction of sp³-hybridized carbons (Fsp3) is 0.333. The van der Waals surface area contributed by atoms with E-state index in [1.165, 1.54) is 0 Å². The molecule has 2 aromatic rings. The molecule has 0 heterocycles. The molecule has 0 aliphatic rings. The first-order valence-corrected chi connectivity index (χ1v) is 10.8. The number of Topliss-reactive ketones (excluding diaryl/α,β-unsaturated/α-hetero) is 1. The fourth-order valence-electron chi connectivity index (χ4n) is 3.01. The van der Waals surface area contributed by atoms with Gasteiger partial charge in [0.2, 0.25) is 0 Å². The summed E-state index contributed by atoms with van der Waals surface area (Å²) < 4.78 is 40.5. The molecule has 29 heavy (non-hydrogen) atoms. The highest BCUT2D eigenvalue weighted by molar-refractivity contribution is 14.1. The molecular formula is C24H24F3IO. The van der Waals surface area contributed by atoms with Gasteiger partial charge in [-0.3, -0.25) is 4.79 Å². The zero-order chi connectivity index (χ0) is 21.3. The second-order valence-corrected chi connectivity index (χ2v) is 8.14. The lowest BCUT2D eigenvalue weighted by Crippen LogP contribution is -2.09. The highest BCUT2D eigenvalue weighted by Crippen LogP contribution is 2.31. The van der Waals surface area contributed by atoms with Crippen LogP contribution in [0.4, 0.5) is 13.2 Å². The van der Waals surface area contributed by atoms with E-state index in [9.17, 15) is 18.0 Å². The molecule has 1 nitrogen and oxygen atoms in total. The van der Waals surface area contributed by atoms with Crippen LogP contribution in [0.25, 0.3) is 5.57 Å². The molecule has 0 N–H and O–H groups in total. The van der Waals surface area contributed by atoms with E-state index in [4.69, 9.17) is 0 Å². The van der Waals surface area contributed by atoms with E-state index < -0.39 is 12.6 Å². The van der Waals surface area contributed by atoms with Crippen LogP contribution in [0.1, 0.15) is 61.4 Å². The number of carbonyl (C=O) groups excluding carboxylic acids is 1. The van der Waals surface area contributed by atoms with Gasteiger partial charge in [0.25, 0.3) is 0 Å². The Balaban J connectivity index is 2.53. The molecule has 0 aliphatic heterocycles. The van der Waals surface area contributed by atoms with Crippen molar-refractivity contribution in [3.05, 3.63) is 80.6 Å². The average molecular weight is 512 g/mol. The first kappa shape index (κ1) is 23.4. The summed E-state index contributed by atoms with van der Waals surface area (Å²) in [7, 11) is 0. The lowest BCUT2D eigenvalue weighted by molar-refractivity contribution is -0.122. The van der Waals surface area contributed by atoms with Crippen molar-refractivity contribution in [3.63, 3.8) is 0 Å². The number of allylic oxidation sites excluding steroid dienone is 1. The standard InChI is InChI=1S/C24H24F3IO/c1-2-3-4-6-12-19(23(29)20-13-9-14-22(28)16-20)15-21(17-24(25,26)27)18-10-7-5-8-11-18/h5,7-11,13-14,16H,2-4,6,12,17H2,1H3. The largest absolute Gasteiger partial charge is 0.393 e. The van der Waals surface area contributed by atoms with Crippen molar-refractivity contribution >= 4 is 33.9 Å². The van der Waals surface area contributed by atoms with E-state index in [2.05, 4.69) is 35.2 Å². The Morgan fingerprint density at radius 2 is 1.66 bits per heavy atom. The van der Waals surface area contributed by atoms with E-state index in [0.29, 0.717) is 23.1 Å². The maximum Gasteiger partial charge on any atom is 0.393 e. The maximum atomic E-state index is 13.2. The second-order valence-electron chi connectivity index (χ2n) is 6.89.